The monoisotopic (exact) mass is 540 g/mol. The molecule has 198 valence electrons. The van der Waals surface area contributed by atoms with Gasteiger partial charge in [-0.05, 0) is 22.9 Å². The van der Waals surface area contributed by atoms with Gasteiger partial charge in [-0.15, -0.1) is 0 Å². The summed E-state index contributed by atoms with van der Waals surface area (Å²) < 4.78 is 164. The predicted molar refractivity (Wildman–Crippen MR) is 102 cm³/mol. The molecule has 0 atom stereocenters. The smallest absolute Gasteiger partial charge is 0.398 e. The first-order valence-corrected chi connectivity index (χ1v) is 9.27. The fourth-order valence-corrected chi connectivity index (χ4v) is 3.87. The van der Waals surface area contributed by atoms with Gasteiger partial charge in [0.1, 0.15) is 0 Å². The highest BCUT2D eigenvalue weighted by Crippen LogP contribution is 2.56. The van der Waals surface area contributed by atoms with Crippen molar-refractivity contribution in [3.63, 3.8) is 0 Å². The molecule has 3 aromatic carbocycles. The van der Waals surface area contributed by atoms with Crippen molar-refractivity contribution in [3.8, 4) is 0 Å². The molecule has 0 amide bonds. The molecular weight excluding hydrogens is 528 g/mol. The van der Waals surface area contributed by atoms with Crippen molar-refractivity contribution in [2.75, 3.05) is 11.5 Å². The lowest BCUT2D eigenvalue weighted by Gasteiger charge is -2.36. The van der Waals surface area contributed by atoms with E-state index in [4.69, 9.17) is 11.5 Å². The lowest BCUT2D eigenvalue weighted by Crippen LogP contribution is -2.54. The third kappa shape index (κ3) is 3.56. The Morgan fingerprint density at radius 1 is 0.444 bits per heavy atom. The first-order chi connectivity index (χ1) is 16.0. The van der Waals surface area contributed by atoms with E-state index in [1.165, 1.54) is 0 Å². The number of halogens is 12. The van der Waals surface area contributed by atoms with E-state index in [0.717, 1.165) is 0 Å². The lowest BCUT2D eigenvalue weighted by atomic mass is 9.80. The van der Waals surface area contributed by atoms with Crippen molar-refractivity contribution in [2.24, 2.45) is 0 Å². The van der Waals surface area contributed by atoms with Gasteiger partial charge in [-0.2, -0.15) is 52.7 Å². The first kappa shape index (κ1) is 27.4. The number of nitrogen functional groups attached to an aromatic ring is 2. The Balaban J connectivity index is 2.78. The van der Waals surface area contributed by atoms with E-state index in [2.05, 4.69) is 0 Å². The van der Waals surface area contributed by atoms with E-state index in [9.17, 15) is 62.9 Å². The third-order valence-corrected chi connectivity index (χ3v) is 5.65. The maximum atomic E-state index is 13.7. The molecule has 16 heteroatoms. The van der Waals surface area contributed by atoms with E-state index in [1.54, 1.807) is 0 Å². The van der Waals surface area contributed by atoms with Crippen LogP contribution in [-0.4, -0.2) is 34.9 Å². The van der Waals surface area contributed by atoms with Crippen molar-refractivity contribution in [1.82, 2.24) is 0 Å². The molecule has 0 radical (unpaired) electrons. The standard InChI is InChI=1S/C20H12F12N2O2/c21-17(22,23)15(35,18(24,25)26)9-3-5-11(33)7-1-2-8-12(34)6-4-10(14(8)13(7)9)16(36,19(27,28)29)20(30,31)32/h1-6,35-36H,33-34H2. The quantitative estimate of drug-likeness (QED) is 0.188. The Bertz CT molecular complexity index is 1210. The summed E-state index contributed by atoms with van der Waals surface area (Å²) in [4.78, 5) is 0. The molecule has 0 spiro atoms. The molecule has 0 fully saturated rings. The van der Waals surface area contributed by atoms with E-state index >= 15 is 0 Å². The number of alkyl halides is 12. The molecule has 0 bridgehead atoms. The molecule has 0 saturated carbocycles. The van der Waals surface area contributed by atoms with Gasteiger partial charge in [0.05, 0.1) is 0 Å². The van der Waals surface area contributed by atoms with E-state index in [-0.39, 0.29) is 12.1 Å². The Kier molecular flexibility index (Phi) is 5.85. The summed E-state index contributed by atoms with van der Waals surface area (Å²) in [6, 6.07) is 2.21. The molecule has 6 N–H and O–H groups in total. The topological polar surface area (TPSA) is 92.5 Å². The molecule has 3 aromatic rings. The largest absolute Gasteiger partial charge is 0.430 e. The van der Waals surface area contributed by atoms with Gasteiger partial charge in [-0.1, -0.05) is 24.3 Å². The summed E-state index contributed by atoms with van der Waals surface area (Å²) >= 11 is 0. The van der Waals surface area contributed by atoms with Crippen LogP contribution in [0.1, 0.15) is 11.1 Å². The van der Waals surface area contributed by atoms with E-state index < -0.39 is 80.0 Å². The van der Waals surface area contributed by atoms with Gasteiger partial charge in [0.25, 0.3) is 11.2 Å². The molecule has 0 heterocycles. The summed E-state index contributed by atoms with van der Waals surface area (Å²) in [5, 5.41) is 15.0. The third-order valence-electron chi connectivity index (χ3n) is 5.65. The zero-order valence-electron chi connectivity index (χ0n) is 17.0. The van der Waals surface area contributed by atoms with Gasteiger partial charge < -0.3 is 21.7 Å². The summed E-state index contributed by atoms with van der Waals surface area (Å²) in [7, 11) is 0. The van der Waals surface area contributed by atoms with Crippen LogP contribution in [-0.2, 0) is 11.2 Å². The highest BCUT2D eigenvalue weighted by Gasteiger charge is 2.73. The van der Waals surface area contributed by atoms with Crippen LogP contribution in [0.3, 0.4) is 0 Å². The number of anilines is 2. The van der Waals surface area contributed by atoms with Crippen LogP contribution in [0.15, 0.2) is 36.4 Å². The second-order valence-corrected chi connectivity index (χ2v) is 7.73. The average Bonchev–Trinajstić information content (AvgIpc) is 2.70. The van der Waals surface area contributed by atoms with Crippen LogP contribution >= 0.6 is 0 Å². The molecular formula is C20H12F12N2O2. The van der Waals surface area contributed by atoms with Crippen molar-refractivity contribution in [3.05, 3.63) is 47.5 Å². The molecule has 4 nitrogen and oxygen atoms in total. The molecule has 0 saturated heterocycles. The molecule has 3 rings (SSSR count). The zero-order chi connectivity index (χ0) is 27.9. The number of fused-ring (bicyclic) bond motifs is 3. The van der Waals surface area contributed by atoms with Crippen molar-refractivity contribution in [1.29, 1.82) is 0 Å². The van der Waals surface area contributed by atoms with Gasteiger partial charge in [-0.25, -0.2) is 0 Å². The lowest BCUT2D eigenvalue weighted by molar-refractivity contribution is -0.376. The van der Waals surface area contributed by atoms with Crippen LogP contribution in [0.4, 0.5) is 64.1 Å². The Morgan fingerprint density at radius 2 is 0.694 bits per heavy atom. The number of aliphatic hydroxyl groups is 2. The van der Waals surface area contributed by atoms with Crippen LogP contribution in [0.5, 0.6) is 0 Å². The molecule has 0 unspecified atom stereocenters. The highest BCUT2D eigenvalue weighted by atomic mass is 19.4. The van der Waals surface area contributed by atoms with Crippen molar-refractivity contribution < 1.29 is 62.9 Å². The van der Waals surface area contributed by atoms with Crippen molar-refractivity contribution in [2.45, 2.75) is 35.9 Å². The van der Waals surface area contributed by atoms with Gasteiger partial charge >= 0.3 is 24.7 Å². The van der Waals surface area contributed by atoms with E-state index in [0.29, 0.717) is 24.3 Å². The fourth-order valence-electron chi connectivity index (χ4n) is 3.87. The number of benzene rings is 3. The molecule has 0 aliphatic rings. The normalized spacial score (nSPS) is 14.6. The van der Waals surface area contributed by atoms with Crippen LogP contribution in [0.2, 0.25) is 0 Å². The predicted octanol–water partition coefficient (Wildman–Crippen LogP) is 5.78. The summed E-state index contributed by atoms with van der Waals surface area (Å²) in [6.45, 7) is 0. The van der Waals surface area contributed by atoms with E-state index in [1.807, 2.05) is 0 Å². The number of rotatable bonds is 2. The molecule has 0 aliphatic heterocycles. The maximum Gasteiger partial charge on any atom is 0.430 e. The minimum atomic E-state index is -6.57. The average molecular weight is 540 g/mol. The Hall–Kier alpha value is -3.14. The molecule has 0 aliphatic carbocycles. The highest BCUT2D eigenvalue weighted by molar-refractivity contribution is 6.17. The summed E-state index contributed by atoms with van der Waals surface area (Å²) in [5.41, 5.74) is -6.14. The SMILES string of the molecule is Nc1ccc(C(O)(C(F)(F)F)C(F)(F)F)c2c1ccc1c(N)ccc(C(O)(C(F)(F)F)C(F)(F)F)c12. The van der Waals surface area contributed by atoms with Crippen molar-refractivity contribution >= 4 is 32.9 Å². The number of hydrogen-bond donors (Lipinski definition) is 4. The van der Waals surface area contributed by atoms with Crippen LogP contribution < -0.4 is 11.5 Å². The number of nitrogens with two attached hydrogens (primary N) is 2. The molecule has 0 aromatic heterocycles. The van der Waals surface area contributed by atoms with Crippen LogP contribution in [0, 0.1) is 0 Å². The fraction of sp³-hybridized carbons (Fsp3) is 0.300. The van der Waals surface area contributed by atoms with Gasteiger partial charge in [0.2, 0.25) is 0 Å². The van der Waals surface area contributed by atoms with Gasteiger partial charge in [0, 0.05) is 33.3 Å². The number of hydrogen-bond acceptors (Lipinski definition) is 4. The summed E-state index contributed by atoms with van der Waals surface area (Å²) in [5.74, 6) is 0. The summed E-state index contributed by atoms with van der Waals surface area (Å²) in [6.07, 6.45) is -26.3. The Morgan fingerprint density at radius 3 is 0.917 bits per heavy atom. The Labute approximate surface area is 191 Å². The maximum absolute atomic E-state index is 13.7. The minimum Gasteiger partial charge on any atom is -0.398 e. The van der Waals surface area contributed by atoms with Crippen LogP contribution in [0.25, 0.3) is 21.5 Å². The minimum absolute atomic E-state index is 0.0364. The second-order valence-electron chi connectivity index (χ2n) is 7.73. The second kappa shape index (κ2) is 7.68. The van der Waals surface area contributed by atoms with Gasteiger partial charge in [-0.3, -0.25) is 0 Å². The first-order valence-electron chi connectivity index (χ1n) is 9.27. The van der Waals surface area contributed by atoms with Gasteiger partial charge in [0.15, 0.2) is 0 Å². The molecule has 36 heavy (non-hydrogen) atoms. The zero-order valence-corrected chi connectivity index (χ0v) is 17.0.